The zero-order chi connectivity index (χ0) is 17.5. The number of hydrogen-bond donors (Lipinski definition) is 1. The summed E-state index contributed by atoms with van der Waals surface area (Å²) in [7, 11) is 0. The molecule has 0 radical (unpaired) electrons. The number of rotatable bonds is 6. The van der Waals surface area contributed by atoms with E-state index in [0.29, 0.717) is 6.42 Å². The number of hydrogen-bond acceptors (Lipinski definition) is 4. The van der Waals surface area contributed by atoms with Crippen LogP contribution in [0.15, 0.2) is 54.6 Å². The number of benzene rings is 2. The number of anilines is 1. The summed E-state index contributed by atoms with van der Waals surface area (Å²) in [5, 5.41) is 2.51. The molecule has 1 heterocycles. The Hall–Kier alpha value is -2.86. The van der Waals surface area contributed by atoms with Gasteiger partial charge < -0.3 is 9.47 Å². The van der Waals surface area contributed by atoms with Gasteiger partial charge in [0.05, 0.1) is 0 Å². The summed E-state index contributed by atoms with van der Waals surface area (Å²) in [6.07, 6.45) is 0.650. The molecule has 0 spiro atoms. The third-order valence-electron chi connectivity index (χ3n) is 3.94. The molecule has 0 saturated carbocycles. The molecule has 0 aromatic heterocycles. The number of aryl methyl sites for hydroxylation is 1. The normalized spacial score (nSPS) is 13.3. The molecule has 2 amide bonds. The van der Waals surface area contributed by atoms with Crippen molar-refractivity contribution in [2.45, 2.75) is 19.4 Å². The van der Waals surface area contributed by atoms with Gasteiger partial charge in [-0.15, -0.1) is 0 Å². The number of carbonyl (C=O) groups excluding carboxylic acids is 2. The largest absolute Gasteiger partial charge is 0.445 e. The average molecular weight is 340 g/mol. The van der Waals surface area contributed by atoms with E-state index in [1.807, 2.05) is 54.6 Å². The summed E-state index contributed by atoms with van der Waals surface area (Å²) in [5.41, 5.74) is 2.90. The fourth-order valence-electron chi connectivity index (χ4n) is 2.66. The molecule has 0 fully saturated rings. The van der Waals surface area contributed by atoms with Crippen molar-refractivity contribution in [3.63, 3.8) is 0 Å². The van der Waals surface area contributed by atoms with Crippen LogP contribution in [-0.4, -0.2) is 25.5 Å². The molecule has 0 unspecified atom stereocenters. The van der Waals surface area contributed by atoms with E-state index >= 15 is 0 Å². The summed E-state index contributed by atoms with van der Waals surface area (Å²) >= 11 is 0. The maximum absolute atomic E-state index is 12.1. The highest BCUT2D eigenvalue weighted by molar-refractivity contribution is 5.96. The van der Waals surface area contributed by atoms with Gasteiger partial charge in [0.25, 0.3) is 0 Å². The lowest BCUT2D eigenvalue weighted by molar-refractivity contribution is -0.120. The minimum Gasteiger partial charge on any atom is -0.445 e. The van der Waals surface area contributed by atoms with Crippen LogP contribution in [0.2, 0.25) is 0 Å². The minimum absolute atomic E-state index is 0.0188. The van der Waals surface area contributed by atoms with Gasteiger partial charge in [-0.25, -0.2) is 4.79 Å². The maximum atomic E-state index is 12.1. The van der Waals surface area contributed by atoms with Crippen LogP contribution in [0.5, 0.6) is 0 Å². The van der Waals surface area contributed by atoms with Gasteiger partial charge in [0.2, 0.25) is 5.91 Å². The van der Waals surface area contributed by atoms with Crippen molar-refractivity contribution in [1.82, 2.24) is 5.32 Å². The van der Waals surface area contributed by atoms with Crippen molar-refractivity contribution in [2.24, 2.45) is 0 Å². The van der Waals surface area contributed by atoms with E-state index in [-0.39, 0.29) is 26.0 Å². The Morgan fingerprint density at radius 2 is 1.80 bits per heavy atom. The monoisotopic (exact) mass is 340 g/mol. The van der Waals surface area contributed by atoms with E-state index in [1.165, 1.54) is 0 Å². The maximum Gasteiger partial charge on any atom is 0.409 e. The zero-order valence-electron chi connectivity index (χ0n) is 13.8. The van der Waals surface area contributed by atoms with Gasteiger partial charge in [-0.05, 0) is 23.6 Å². The van der Waals surface area contributed by atoms with Gasteiger partial charge in [0, 0.05) is 12.1 Å². The van der Waals surface area contributed by atoms with Crippen LogP contribution in [0, 0.1) is 0 Å². The first-order valence-corrected chi connectivity index (χ1v) is 8.14. The molecule has 3 rings (SSSR count). The molecule has 6 heteroatoms. The van der Waals surface area contributed by atoms with Crippen molar-refractivity contribution in [2.75, 3.05) is 18.4 Å². The van der Waals surface area contributed by atoms with E-state index in [9.17, 15) is 9.59 Å². The Morgan fingerprint density at radius 1 is 1.04 bits per heavy atom. The first-order chi connectivity index (χ1) is 12.2. The highest BCUT2D eigenvalue weighted by Gasteiger charge is 2.23. The van der Waals surface area contributed by atoms with Gasteiger partial charge in [0.15, 0.2) is 0 Å². The van der Waals surface area contributed by atoms with Crippen molar-refractivity contribution in [1.29, 1.82) is 0 Å². The predicted octanol–water partition coefficient (Wildman–Crippen LogP) is 2.82. The molecular formula is C19H20N2O4. The fraction of sp³-hybridized carbons (Fsp3) is 0.263. The molecule has 1 aliphatic rings. The molecule has 25 heavy (non-hydrogen) atoms. The van der Waals surface area contributed by atoms with Crippen molar-refractivity contribution in [3.8, 4) is 0 Å². The highest BCUT2D eigenvalue weighted by atomic mass is 16.6. The first-order valence-electron chi connectivity index (χ1n) is 8.14. The van der Waals surface area contributed by atoms with Crippen molar-refractivity contribution >= 4 is 17.7 Å². The molecule has 0 aliphatic carbocycles. The Morgan fingerprint density at radius 3 is 2.64 bits per heavy atom. The molecular weight excluding hydrogens is 320 g/mol. The van der Waals surface area contributed by atoms with E-state index in [0.717, 1.165) is 23.2 Å². The molecule has 1 N–H and O–H groups in total. The Balaban J connectivity index is 1.41. The standard InChI is InChI=1S/C19H20N2O4/c22-18-11-10-16-8-4-5-9-17(16)21(18)14-24-13-20-19(23)25-12-15-6-2-1-3-7-15/h1-9H,10-14H2,(H,20,23). The van der Waals surface area contributed by atoms with Gasteiger partial charge in [0.1, 0.15) is 20.1 Å². The smallest absolute Gasteiger partial charge is 0.409 e. The highest BCUT2D eigenvalue weighted by Crippen LogP contribution is 2.27. The molecule has 2 aromatic carbocycles. The number of carbonyl (C=O) groups is 2. The Bertz CT molecular complexity index is 733. The number of nitrogens with zero attached hydrogens (tertiary/aromatic N) is 1. The van der Waals surface area contributed by atoms with Gasteiger partial charge >= 0.3 is 6.09 Å². The van der Waals surface area contributed by atoms with Crippen LogP contribution in [0.1, 0.15) is 17.5 Å². The number of para-hydroxylation sites is 1. The van der Waals surface area contributed by atoms with Crippen molar-refractivity contribution < 1.29 is 19.1 Å². The van der Waals surface area contributed by atoms with Crippen LogP contribution in [0.3, 0.4) is 0 Å². The lowest BCUT2D eigenvalue weighted by atomic mass is 10.0. The van der Waals surface area contributed by atoms with Gasteiger partial charge in [-0.1, -0.05) is 48.5 Å². The van der Waals surface area contributed by atoms with Gasteiger partial charge in [-0.2, -0.15) is 0 Å². The van der Waals surface area contributed by atoms with E-state index in [1.54, 1.807) is 4.90 Å². The second-order valence-corrected chi connectivity index (χ2v) is 5.67. The second-order valence-electron chi connectivity index (χ2n) is 5.67. The number of ether oxygens (including phenoxy) is 2. The second kappa shape index (κ2) is 8.30. The molecule has 2 aromatic rings. The third kappa shape index (κ3) is 4.58. The molecule has 6 nitrogen and oxygen atoms in total. The SMILES string of the molecule is O=C(NCOCN1C(=O)CCc2ccccc21)OCc1ccccc1. The summed E-state index contributed by atoms with van der Waals surface area (Å²) in [6, 6.07) is 17.2. The van der Waals surface area contributed by atoms with Crippen molar-refractivity contribution in [3.05, 3.63) is 65.7 Å². The minimum atomic E-state index is -0.561. The van der Waals surface area contributed by atoms with E-state index in [2.05, 4.69) is 5.32 Å². The number of fused-ring (bicyclic) bond motifs is 1. The molecule has 130 valence electrons. The van der Waals surface area contributed by atoms with Crippen LogP contribution < -0.4 is 10.2 Å². The Kier molecular flexibility index (Phi) is 5.64. The number of amides is 2. The molecule has 1 aliphatic heterocycles. The van der Waals surface area contributed by atoms with E-state index in [4.69, 9.17) is 9.47 Å². The van der Waals surface area contributed by atoms with Crippen LogP contribution in [-0.2, 0) is 27.3 Å². The van der Waals surface area contributed by atoms with Gasteiger partial charge in [-0.3, -0.25) is 15.0 Å². The number of alkyl carbamates (subject to hydrolysis) is 1. The molecule has 0 atom stereocenters. The quantitative estimate of drug-likeness (QED) is 0.648. The lowest BCUT2D eigenvalue weighted by Gasteiger charge is -2.28. The van der Waals surface area contributed by atoms with Crippen LogP contribution in [0.25, 0.3) is 0 Å². The number of nitrogens with one attached hydrogen (secondary N) is 1. The first kappa shape index (κ1) is 17.0. The average Bonchev–Trinajstić information content (AvgIpc) is 2.65. The summed E-state index contributed by atoms with van der Waals surface area (Å²) in [5.74, 6) is 0.0188. The summed E-state index contributed by atoms with van der Waals surface area (Å²) in [6.45, 7) is 0.263. The van der Waals surface area contributed by atoms with Crippen LogP contribution in [0.4, 0.5) is 10.5 Å². The molecule has 0 saturated heterocycles. The zero-order valence-corrected chi connectivity index (χ0v) is 13.8. The predicted molar refractivity (Wildman–Crippen MR) is 92.8 cm³/mol. The summed E-state index contributed by atoms with van der Waals surface area (Å²) < 4.78 is 10.5. The lowest BCUT2D eigenvalue weighted by Crippen LogP contribution is -2.38. The fourth-order valence-corrected chi connectivity index (χ4v) is 2.66. The molecule has 0 bridgehead atoms. The third-order valence-corrected chi connectivity index (χ3v) is 3.94. The van der Waals surface area contributed by atoms with Crippen LogP contribution >= 0.6 is 0 Å². The summed E-state index contributed by atoms with van der Waals surface area (Å²) in [4.78, 5) is 25.3. The Labute approximate surface area is 146 Å². The van der Waals surface area contributed by atoms with E-state index < -0.39 is 6.09 Å². The topological polar surface area (TPSA) is 67.9 Å².